The van der Waals surface area contributed by atoms with Crippen LogP contribution in [0, 0.1) is 0 Å². The summed E-state index contributed by atoms with van der Waals surface area (Å²) in [6.07, 6.45) is 1.26. The summed E-state index contributed by atoms with van der Waals surface area (Å²) < 4.78 is 5.28. The van der Waals surface area contributed by atoms with Gasteiger partial charge in [0.1, 0.15) is 11.4 Å². The Kier molecular flexibility index (Phi) is 4.42. The Hall–Kier alpha value is -2.57. The molecule has 0 aliphatic carbocycles. The molecule has 1 amide bonds. The van der Waals surface area contributed by atoms with Crippen LogP contribution in [0.15, 0.2) is 41.1 Å². The van der Waals surface area contributed by atoms with Crippen molar-refractivity contribution in [2.45, 2.75) is 6.42 Å². The lowest BCUT2D eigenvalue weighted by Gasteiger charge is -2.04. The van der Waals surface area contributed by atoms with E-state index >= 15 is 0 Å². The summed E-state index contributed by atoms with van der Waals surface area (Å²) in [4.78, 5) is 15.0. The van der Waals surface area contributed by atoms with Gasteiger partial charge in [0, 0.05) is 17.8 Å². The quantitative estimate of drug-likeness (QED) is 0.738. The average molecular weight is 364 g/mol. The normalized spacial score (nSPS) is 10.8. The summed E-state index contributed by atoms with van der Waals surface area (Å²) >= 11 is 12.3. The molecule has 0 atom stereocenters. The first kappa shape index (κ1) is 16.3. The average Bonchev–Trinajstić information content (AvgIpc) is 2.98. The molecule has 6 nitrogen and oxygen atoms in total. The number of amides is 1. The van der Waals surface area contributed by atoms with E-state index in [1.165, 1.54) is 6.20 Å². The molecule has 8 heteroatoms. The molecule has 0 unspecified atom stereocenters. The zero-order chi connectivity index (χ0) is 17.3. The molecule has 2 aromatic heterocycles. The fourth-order valence-corrected chi connectivity index (χ4v) is 2.84. The zero-order valence-corrected chi connectivity index (χ0v) is 13.7. The van der Waals surface area contributed by atoms with E-state index in [1.54, 1.807) is 30.3 Å². The molecule has 0 spiro atoms. The first-order valence-electron chi connectivity index (χ1n) is 6.84. The Morgan fingerprint density at radius 1 is 1.25 bits per heavy atom. The van der Waals surface area contributed by atoms with Crippen LogP contribution in [0.1, 0.15) is 5.69 Å². The van der Waals surface area contributed by atoms with Gasteiger partial charge in [-0.3, -0.25) is 9.78 Å². The second-order valence-electron chi connectivity index (χ2n) is 4.97. The second-order valence-corrected chi connectivity index (χ2v) is 5.78. The van der Waals surface area contributed by atoms with E-state index < -0.39 is 5.91 Å². The molecule has 1 aromatic carbocycles. The van der Waals surface area contributed by atoms with E-state index in [0.29, 0.717) is 26.9 Å². The molecule has 3 N–H and O–H groups in total. The molecular weight excluding hydrogens is 353 g/mol. The molecule has 122 valence electrons. The SMILES string of the molecule is NC(=O)Cc1nccc(-c2cc(-c3c(Cl)cccc3Cl)no2)c1O. The smallest absolute Gasteiger partial charge is 0.223 e. The van der Waals surface area contributed by atoms with E-state index in [4.69, 9.17) is 33.5 Å². The fourth-order valence-electron chi connectivity index (χ4n) is 2.25. The van der Waals surface area contributed by atoms with E-state index in [2.05, 4.69) is 10.1 Å². The highest BCUT2D eigenvalue weighted by Gasteiger charge is 2.18. The third-order valence-electron chi connectivity index (χ3n) is 3.34. The number of carbonyl (C=O) groups is 1. The van der Waals surface area contributed by atoms with Gasteiger partial charge in [-0.05, 0) is 18.2 Å². The van der Waals surface area contributed by atoms with E-state index in [1.807, 2.05) is 0 Å². The van der Waals surface area contributed by atoms with Crippen molar-refractivity contribution in [1.82, 2.24) is 10.1 Å². The Labute approximate surface area is 146 Å². The minimum atomic E-state index is -0.601. The highest BCUT2D eigenvalue weighted by molar-refractivity contribution is 6.39. The molecule has 2 heterocycles. The molecule has 0 saturated carbocycles. The van der Waals surface area contributed by atoms with Gasteiger partial charge in [0.05, 0.1) is 27.7 Å². The van der Waals surface area contributed by atoms with Crippen LogP contribution in [0.3, 0.4) is 0 Å². The number of carbonyl (C=O) groups excluding carboxylic acids is 1. The van der Waals surface area contributed by atoms with Gasteiger partial charge >= 0.3 is 0 Å². The number of halogens is 2. The van der Waals surface area contributed by atoms with E-state index in [-0.39, 0.29) is 23.6 Å². The molecule has 0 aliphatic rings. The number of hydrogen-bond acceptors (Lipinski definition) is 5. The van der Waals surface area contributed by atoms with Crippen LogP contribution in [0.4, 0.5) is 0 Å². The Morgan fingerprint density at radius 3 is 2.62 bits per heavy atom. The number of hydrogen-bond donors (Lipinski definition) is 2. The fraction of sp³-hybridized carbons (Fsp3) is 0.0625. The van der Waals surface area contributed by atoms with Crippen LogP contribution in [0.2, 0.25) is 10.0 Å². The molecule has 0 bridgehead atoms. The number of aromatic nitrogens is 2. The Morgan fingerprint density at radius 2 is 1.96 bits per heavy atom. The lowest BCUT2D eigenvalue weighted by atomic mass is 10.1. The first-order valence-corrected chi connectivity index (χ1v) is 7.59. The standard InChI is InChI=1S/C16H11Cl2N3O3/c17-9-2-1-3-10(18)15(9)11-6-13(24-21-11)8-4-5-20-12(16(8)23)7-14(19)22/h1-6,23H,7H2,(H2,19,22). The predicted molar refractivity (Wildman–Crippen MR) is 89.8 cm³/mol. The summed E-state index contributed by atoms with van der Waals surface area (Å²) in [6.45, 7) is 0. The Bertz CT molecular complexity index is 904. The van der Waals surface area contributed by atoms with Gasteiger partial charge in [-0.1, -0.05) is 34.4 Å². The number of nitrogens with two attached hydrogens (primary N) is 1. The molecule has 0 radical (unpaired) electrons. The molecule has 0 saturated heterocycles. The van der Waals surface area contributed by atoms with Crippen molar-refractivity contribution in [1.29, 1.82) is 0 Å². The number of benzene rings is 1. The number of pyridine rings is 1. The van der Waals surface area contributed by atoms with Crippen LogP contribution >= 0.6 is 23.2 Å². The molecule has 3 aromatic rings. The van der Waals surface area contributed by atoms with Crippen molar-refractivity contribution >= 4 is 29.1 Å². The molecule has 0 fully saturated rings. The van der Waals surface area contributed by atoms with Crippen molar-refractivity contribution in [3.05, 3.63) is 52.3 Å². The summed E-state index contributed by atoms with van der Waals surface area (Å²) in [7, 11) is 0. The predicted octanol–water partition coefficient (Wildman–Crippen LogP) is 3.44. The largest absolute Gasteiger partial charge is 0.505 e. The van der Waals surface area contributed by atoms with Crippen molar-refractivity contribution in [2.75, 3.05) is 0 Å². The van der Waals surface area contributed by atoms with Gasteiger partial charge in [-0.25, -0.2) is 0 Å². The molecule has 0 aliphatic heterocycles. The monoisotopic (exact) mass is 363 g/mol. The van der Waals surface area contributed by atoms with E-state index in [0.717, 1.165) is 0 Å². The van der Waals surface area contributed by atoms with Crippen molar-refractivity contribution in [3.63, 3.8) is 0 Å². The summed E-state index contributed by atoms with van der Waals surface area (Å²) in [5, 5.41) is 15.1. The van der Waals surface area contributed by atoms with Gasteiger partial charge < -0.3 is 15.4 Å². The lowest BCUT2D eigenvalue weighted by molar-refractivity contribution is -0.117. The summed E-state index contributed by atoms with van der Waals surface area (Å²) in [6, 6.07) is 8.23. The minimum Gasteiger partial charge on any atom is -0.505 e. The number of primary amides is 1. The Balaban J connectivity index is 2.04. The van der Waals surface area contributed by atoms with Crippen LogP contribution in [0.5, 0.6) is 5.75 Å². The zero-order valence-electron chi connectivity index (χ0n) is 12.2. The summed E-state index contributed by atoms with van der Waals surface area (Å²) in [5.41, 5.74) is 6.59. The van der Waals surface area contributed by atoms with Gasteiger partial charge in [-0.15, -0.1) is 0 Å². The van der Waals surface area contributed by atoms with Gasteiger partial charge in [0.15, 0.2) is 5.76 Å². The van der Waals surface area contributed by atoms with E-state index in [9.17, 15) is 9.90 Å². The van der Waals surface area contributed by atoms with Crippen LogP contribution in [-0.4, -0.2) is 21.2 Å². The maximum atomic E-state index is 11.0. The van der Waals surface area contributed by atoms with Crippen molar-refractivity contribution in [3.8, 4) is 28.3 Å². The van der Waals surface area contributed by atoms with Crippen molar-refractivity contribution < 1.29 is 14.4 Å². The van der Waals surface area contributed by atoms with Crippen LogP contribution < -0.4 is 5.73 Å². The second kappa shape index (κ2) is 6.51. The van der Waals surface area contributed by atoms with Crippen LogP contribution in [0.25, 0.3) is 22.6 Å². The number of nitrogens with zero attached hydrogens (tertiary/aromatic N) is 2. The van der Waals surface area contributed by atoms with Crippen LogP contribution in [-0.2, 0) is 11.2 Å². The number of rotatable bonds is 4. The lowest BCUT2D eigenvalue weighted by Crippen LogP contribution is -2.14. The highest BCUT2D eigenvalue weighted by atomic mass is 35.5. The van der Waals surface area contributed by atoms with Crippen molar-refractivity contribution in [2.24, 2.45) is 5.73 Å². The third-order valence-corrected chi connectivity index (χ3v) is 3.97. The number of aromatic hydroxyl groups is 1. The maximum absolute atomic E-state index is 11.0. The minimum absolute atomic E-state index is 0.161. The molecular formula is C16H11Cl2N3O3. The van der Waals surface area contributed by atoms with Gasteiger partial charge in [-0.2, -0.15) is 0 Å². The van der Waals surface area contributed by atoms with Gasteiger partial charge in [0.25, 0.3) is 0 Å². The van der Waals surface area contributed by atoms with Gasteiger partial charge in [0.2, 0.25) is 5.91 Å². The topological polar surface area (TPSA) is 102 Å². The molecule has 3 rings (SSSR count). The first-order chi connectivity index (χ1) is 11.5. The highest BCUT2D eigenvalue weighted by Crippen LogP contribution is 2.38. The maximum Gasteiger partial charge on any atom is 0.223 e. The molecule has 24 heavy (non-hydrogen) atoms. The third kappa shape index (κ3) is 3.06. The summed E-state index contributed by atoms with van der Waals surface area (Å²) in [5.74, 6) is -0.507.